The van der Waals surface area contributed by atoms with Crippen LogP contribution in [0.25, 0.3) is 22.3 Å². The van der Waals surface area contributed by atoms with Gasteiger partial charge in [0.25, 0.3) is 11.7 Å². The zero-order chi connectivity index (χ0) is 22.2. The molecule has 5 rings (SSSR count). The molecular formula is C25H17Cl2N3O2. The van der Waals surface area contributed by atoms with E-state index >= 15 is 0 Å². The van der Waals surface area contributed by atoms with Crippen molar-refractivity contribution in [3.05, 3.63) is 106 Å². The summed E-state index contributed by atoms with van der Waals surface area (Å²) in [6, 6.07) is 22.6. The van der Waals surface area contributed by atoms with Gasteiger partial charge in [-0.1, -0.05) is 83.0 Å². The number of halogens is 2. The van der Waals surface area contributed by atoms with Gasteiger partial charge in [-0.15, -0.1) is 0 Å². The normalized spacial score (nSPS) is 11.2. The summed E-state index contributed by atoms with van der Waals surface area (Å²) in [4.78, 5) is 17.8. The number of aromatic nitrogens is 3. The molecular weight excluding hydrogens is 445 g/mol. The maximum absolute atomic E-state index is 13.5. The summed E-state index contributed by atoms with van der Waals surface area (Å²) in [6.45, 7) is 2.40. The molecule has 5 nitrogen and oxygen atoms in total. The molecule has 2 aromatic heterocycles. The average Bonchev–Trinajstić information content (AvgIpc) is 3.40. The van der Waals surface area contributed by atoms with Crippen LogP contribution in [0.1, 0.15) is 27.5 Å². The van der Waals surface area contributed by atoms with Gasteiger partial charge in [0.05, 0.1) is 5.56 Å². The molecule has 0 fully saturated rings. The monoisotopic (exact) mass is 461 g/mol. The molecule has 158 valence electrons. The molecule has 0 aliphatic rings. The van der Waals surface area contributed by atoms with Crippen molar-refractivity contribution in [2.24, 2.45) is 0 Å². The lowest BCUT2D eigenvalue weighted by atomic mass is 10.1. The molecule has 0 aliphatic carbocycles. The third-order valence-corrected chi connectivity index (χ3v) is 6.04. The lowest BCUT2D eigenvalue weighted by molar-refractivity contribution is 0.0994. The van der Waals surface area contributed by atoms with Crippen molar-refractivity contribution in [2.75, 3.05) is 0 Å². The summed E-state index contributed by atoms with van der Waals surface area (Å²) in [5, 5.41) is 5.97. The molecule has 0 spiro atoms. The van der Waals surface area contributed by atoms with Gasteiger partial charge in [-0.25, -0.2) is 0 Å². The Kier molecular flexibility index (Phi) is 5.29. The highest BCUT2D eigenvalue weighted by atomic mass is 35.5. The van der Waals surface area contributed by atoms with Crippen LogP contribution < -0.4 is 0 Å². The first-order valence-electron chi connectivity index (χ1n) is 9.98. The minimum absolute atomic E-state index is 0.0422. The summed E-state index contributed by atoms with van der Waals surface area (Å²) in [7, 11) is 0. The highest BCUT2D eigenvalue weighted by Gasteiger charge is 2.26. The molecule has 0 radical (unpaired) electrons. The molecule has 0 bridgehead atoms. The van der Waals surface area contributed by atoms with Gasteiger partial charge in [-0.2, -0.15) is 4.98 Å². The first-order chi connectivity index (χ1) is 15.5. The number of rotatable bonds is 5. The fourth-order valence-corrected chi connectivity index (χ4v) is 4.34. The average molecular weight is 462 g/mol. The Morgan fingerprint density at radius 1 is 1.00 bits per heavy atom. The van der Waals surface area contributed by atoms with Crippen LogP contribution in [0, 0.1) is 6.92 Å². The fraction of sp³-hybridized carbons (Fsp3) is 0.0800. The zero-order valence-electron chi connectivity index (χ0n) is 17.0. The van der Waals surface area contributed by atoms with E-state index in [1.807, 2.05) is 67.6 Å². The predicted molar refractivity (Wildman–Crippen MR) is 125 cm³/mol. The Morgan fingerprint density at radius 3 is 2.53 bits per heavy atom. The van der Waals surface area contributed by atoms with Crippen LogP contribution in [0.3, 0.4) is 0 Å². The van der Waals surface area contributed by atoms with Gasteiger partial charge in [0.15, 0.2) is 0 Å². The van der Waals surface area contributed by atoms with E-state index in [0.29, 0.717) is 28.0 Å². The third kappa shape index (κ3) is 3.60. The van der Waals surface area contributed by atoms with Gasteiger partial charge in [-0.3, -0.25) is 4.79 Å². The number of carbonyl (C=O) groups is 1. The van der Waals surface area contributed by atoms with Crippen LogP contribution in [0.4, 0.5) is 0 Å². The number of fused-ring (bicyclic) bond motifs is 1. The minimum atomic E-state index is -0.311. The zero-order valence-corrected chi connectivity index (χ0v) is 18.6. The SMILES string of the molecule is Cc1c(C(=O)c2nc(-c3ccccc3)no2)c2ccccc2n1Cc1ccc(Cl)cc1Cl. The first kappa shape index (κ1) is 20.5. The summed E-state index contributed by atoms with van der Waals surface area (Å²) >= 11 is 12.5. The lowest BCUT2D eigenvalue weighted by Crippen LogP contribution is -2.07. The van der Waals surface area contributed by atoms with Crippen molar-refractivity contribution in [3.8, 4) is 11.4 Å². The smallest absolute Gasteiger partial charge is 0.299 e. The Balaban J connectivity index is 1.58. The van der Waals surface area contributed by atoms with E-state index in [1.165, 1.54) is 0 Å². The van der Waals surface area contributed by atoms with Crippen LogP contribution in [0.2, 0.25) is 10.0 Å². The second kappa shape index (κ2) is 8.26. The van der Waals surface area contributed by atoms with Crippen molar-refractivity contribution in [1.82, 2.24) is 14.7 Å². The van der Waals surface area contributed by atoms with E-state index in [0.717, 1.165) is 27.7 Å². The number of carbonyl (C=O) groups excluding carboxylic acids is 1. The summed E-state index contributed by atoms with van der Waals surface area (Å²) < 4.78 is 7.40. The Bertz CT molecular complexity index is 1460. The van der Waals surface area contributed by atoms with Crippen molar-refractivity contribution >= 4 is 39.9 Å². The van der Waals surface area contributed by atoms with E-state index in [4.69, 9.17) is 27.7 Å². The molecule has 32 heavy (non-hydrogen) atoms. The van der Waals surface area contributed by atoms with Crippen molar-refractivity contribution < 1.29 is 9.32 Å². The standard InChI is InChI=1S/C25H17Cl2N3O2/c1-15-22(23(31)25-28-24(29-32-25)16-7-3-2-4-8-16)19-9-5-6-10-21(19)30(15)14-17-11-12-18(26)13-20(17)27/h2-13H,14H2,1H3. The Labute approximate surface area is 194 Å². The molecule has 0 saturated carbocycles. The largest absolute Gasteiger partial charge is 0.340 e. The molecule has 0 amide bonds. The topological polar surface area (TPSA) is 60.9 Å². The van der Waals surface area contributed by atoms with Crippen molar-refractivity contribution in [2.45, 2.75) is 13.5 Å². The minimum Gasteiger partial charge on any atom is -0.340 e. The maximum atomic E-state index is 13.5. The Hall–Kier alpha value is -3.41. The number of hydrogen-bond acceptors (Lipinski definition) is 4. The quantitative estimate of drug-likeness (QED) is 0.277. The van der Waals surface area contributed by atoms with Gasteiger partial charge in [0, 0.05) is 38.8 Å². The van der Waals surface area contributed by atoms with E-state index < -0.39 is 0 Å². The van der Waals surface area contributed by atoms with Crippen LogP contribution >= 0.6 is 23.2 Å². The van der Waals surface area contributed by atoms with Crippen LogP contribution in [-0.2, 0) is 6.54 Å². The highest BCUT2D eigenvalue weighted by Crippen LogP contribution is 2.31. The molecule has 0 atom stereocenters. The second-order valence-corrected chi connectivity index (χ2v) is 8.26. The third-order valence-electron chi connectivity index (χ3n) is 5.45. The van der Waals surface area contributed by atoms with Gasteiger partial charge >= 0.3 is 0 Å². The van der Waals surface area contributed by atoms with Gasteiger partial charge in [0.2, 0.25) is 5.82 Å². The number of para-hydroxylation sites is 1. The first-order valence-corrected chi connectivity index (χ1v) is 10.7. The van der Waals surface area contributed by atoms with Crippen LogP contribution in [-0.4, -0.2) is 20.5 Å². The number of nitrogens with zero attached hydrogens (tertiary/aromatic N) is 3. The van der Waals surface area contributed by atoms with E-state index in [9.17, 15) is 4.79 Å². The molecule has 0 aliphatic heterocycles. The molecule has 0 unspecified atom stereocenters. The summed E-state index contributed by atoms with van der Waals surface area (Å²) in [5.74, 6) is 0.0250. The van der Waals surface area contributed by atoms with Crippen LogP contribution in [0.15, 0.2) is 77.3 Å². The van der Waals surface area contributed by atoms with Crippen molar-refractivity contribution in [1.29, 1.82) is 0 Å². The number of ketones is 1. The van der Waals surface area contributed by atoms with E-state index in [-0.39, 0.29) is 11.7 Å². The number of benzene rings is 3. The van der Waals surface area contributed by atoms with Crippen molar-refractivity contribution in [3.63, 3.8) is 0 Å². The lowest BCUT2D eigenvalue weighted by Gasteiger charge is -2.10. The molecule has 0 saturated heterocycles. The molecule has 5 aromatic rings. The van der Waals surface area contributed by atoms with Gasteiger partial charge in [-0.05, 0) is 30.7 Å². The number of hydrogen-bond donors (Lipinski definition) is 0. The van der Waals surface area contributed by atoms with Gasteiger partial charge in [0.1, 0.15) is 0 Å². The van der Waals surface area contributed by atoms with E-state index in [1.54, 1.807) is 12.1 Å². The van der Waals surface area contributed by atoms with Crippen LogP contribution in [0.5, 0.6) is 0 Å². The van der Waals surface area contributed by atoms with Gasteiger partial charge < -0.3 is 9.09 Å². The van der Waals surface area contributed by atoms with E-state index in [2.05, 4.69) is 14.7 Å². The fourth-order valence-electron chi connectivity index (χ4n) is 3.87. The molecule has 3 aromatic carbocycles. The Morgan fingerprint density at radius 2 is 1.75 bits per heavy atom. The maximum Gasteiger partial charge on any atom is 0.299 e. The highest BCUT2D eigenvalue weighted by molar-refractivity contribution is 6.35. The molecule has 0 N–H and O–H groups in total. The second-order valence-electron chi connectivity index (χ2n) is 7.42. The predicted octanol–water partition coefficient (Wildman–Crippen LogP) is 6.59. The molecule has 7 heteroatoms. The summed E-state index contributed by atoms with van der Waals surface area (Å²) in [5.41, 5.74) is 3.94. The summed E-state index contributed by atoms with van der Waals surface area (Å²) in [6.07, 6.45) is 0. The molecule has 2 heterocycles.